The Hall–Kier alpha value is 0.0900. The first-order chi connectivity index (χ1) is 3.31. The van der Waals surface area contributed by atoms with E-state index in [9.17, 15) is 0 Å². The molecular formula is C6H12S. The third kappa shape index (κ3) is 3.93. The topological polar surface area (TPSA) is 0 Å². The van der Waals surface area contributed by atoms with E-state index in [2.05, 4.69) is 26.1 Å². The Labute approximate surface area is 50.9 Å². The van der Waals surface area contributed by atoms with Gasteiger partial charge in [0, 0.05) is 0 Å². The fourth-order valence-corrected chi connectivity index (χ4v) is 0.659. The quantitative estimate of drug-likeness (QED) is 0.510. The maximum atomic E-state index is 4.67. The van der Waals surface area contributed by atoms with Crippen molar-refractivity contribution in [1.29, 1.82) is 0 Å². The molecule has 0 aliphatic rings. The van der Waals surface area contributed by atoms with Crippen molar-refractivity contribution < 1.29 is 0 Å². The Balaban J connectivity index is 2.98. The second kappa shape index (κ2) is 4.25. The van der Waals surface area contributed by atoms with E-state index in [1.165, 1.54) is 6.42 Å². The molecule has 0 aromatic heterocycles. The van der Waals surface area contributed by atoms with Gasteiger partial charge in [-0.2, -0.15) is 0 Å². The molecule has 42 valence electrons. The zero-order valence-corrected chi connectivity index (χ0v) is 5.79. The molecule has 0 fully saturated rings. The van der Waals surface area contributed by atoms with Gasteiger partial charge in [0.25, 0.3) is 0 Å². The molecule has 0 radical (unpaired) electrons. The van der Waals surface area contributed by atoms with Crippen molar-refractivity contribution in [1.82, 2.24) is 0 Å². The van der Waals surface area contributed by atoms with Crippen molar-refractivity contribution in [3.05, 3.63) is 0 Å². The summed E-state index contributed by atoms with van der Waals surface area (Å²) in [5.41, 5.74) is 0. The summed E-state index contributed by atoms with van der Waals surface area (Å²) < 4.78 is 0. The molecule has 0 aliphatic heterocycles. The average molecular weight is 116 g/mol. The molecule has 0 spiro atoms. The van der Waals surface area contributed by atoms with Crippen LogP contribution in [0.15, 0.2) is 0 Å². The van der Waals surface area contributed by atoms with Gasteiger partial charge < -0.3 is 0 Å². The van der Waals surface area contributed by atoms with E-state index in [1.54, 1.807) is 0 Å². The normalized spacial score (nSPS) is 13.4. The van der Waals surface area contributed by atoms with Crippen LogP contribution in [0.2, 0.25) is 0 Å². The smallest absolute Gasteiger partial charge is 0.0208 e. The van der Waals surface area contributed by atoms with Crippen LogP contribution in [-0.2, 0) is 0 Å². The first-order valence-electron chi connectivity index (χ1n) is 2.74. The minimum Gasteiger partial charge on any atom is -0.0935 e. The molecule has 0 nitrogen and oxygen atoms in total. The zero-order chi connectivity index (χ0) is 5.70. The molecule has 0 amide bonds. The van der Waals surface area contributed by atoms with Gasteiger partial charge in [0.2, 0.25) is 0 Å². The molecule has 0 bridgehead atoms. The summed E-state index contributed by atoms with van der Waals surface area (Å²) in [5, 5.41) is 1.81. The Bertz CT molecular complexity index is 50.1. The van der Waals surface area contributed by atoms with Gasteiger partial charge >= 0.3 is 0 Å². The Morgan fingerprint density at radius 2 is 2.29 bits per heavy atom. The lowest BCUT2D eigenvalue weighted by Gasteiger charge is -1.99. The molecule has 1 atom stereocenters. The third-order valence-corrected chi connectivity index (χ3v) is 1.39. The van der Waals surface area contributed by atoms with Crippen LogP contribution >= 0.6 is 12.2 Å². The summed E-state index contributed by atoms with van der Waals surface area (Å²) in [5.74, 6) is 0.789. The predicted octanol–water partition coefficient (Wildman–Crippen LogP) is 2.42. The molecule has 0 saturated heterocycles. The van der Waals surface area contributed by atoms with E-state index in [1.807, 2.05) is 5.37 Å². The molecule has 0 N–H and O–H groups in total. The lowest BCUT2D eigenvalue weighted by Crippen LogP contribution is -1.89. The molecule has 0 saturated carbocycles. The lowest BCUT2D eigenvalue weighted by atomic mass is 10.1. The van der Waals surface area contributed by atoms with E-state index in [4.69, 9.17) is 0 Å². The minimum absolute atomic E-state index is 0.789. The summed E-state index contributed by atoms with van der Waals surface area (Å²) in [7, 11) is 0. The third-order valence-electron chi connectivity index (χ3n) is 1.20. The van der Waals surface area contributed by atoms with Crippen molar-refractivity contribution in [2.45, 2.75) is 26.7 Å². The molecule has 1 unspecified atom stereocenters. The molecule has 0 aliphatic carbocycles. The van der Waals surface area contributed by atoms with Gasteiger partial charge in [0.05, 0.1) is 0 Å². The highest BCUT2D eigenvalue weighted by molar-refractivity contribution is 7.78. The number of rotatable bonds is 3. The van der Waals surface area contributed by atoms with Crippen molar-refractivity contribution >= 4 is 17.6 Å². The maximum Gasteiger partial charge on any atom is -0.0208 e. The fraction of sp³-hybridized carbons (Fsp3) is 0.833. The Morgan fingerprint density at radius 1 is 1.71 bits per heavy atom. The van der Waals surface area contributed by atoms with Crippen molar-refractivity contribution in [2.24, 2.45) is 5.92 Å². The summed E-state index contributed by atoms with van der Waals surface area (Å²) in [6.07, 6.45) is 2.33. The van der Waals surface area contributed by atoms with Crippen molar-refractivity contribution in [3.8, 4) is 0 Å². The number of hydrogen-bond acceptors (Lipinski definition) is 1. The van der Waals surface area contributed by atoms with Crippen LogP contribution in [0.4, 0.5) is 0 Å². The van der Waals surface area contributed by atoms with Crippen LogP contribution in [0, 0.1) is 5.92 Å². The van der Waals surface area contributed by atoms with Gasteiger partial charge in [0.15, 0.2) is 0 Å². The zero-order valence-electron chi connectivity index (χ0n) is 4.98. The van der Waals surface area contributed by atoms with E-state index in [0.717, 1.165) is 12.3 Å². The fourth-order valence-electron chi connectivity index (χ4n) is 0.331. The van der Waals surface area contributed by atoms with Gasteiger partial charge in [-0.3, -0.25) is 0 Å². The molecule has 0 rings (SSSR count). The molecule has 7 heavy (non-hydrogen) atoms. The average Bonchev–Trinajstić information content (AvgIpc) is 1.68. The molecular weight excluding hydrogens is 104 g/mol. The second-order valence-corrected chi connectivity index (χ2v) is 2.25. The standard InChI is InChI=1S/C6H12S/c1-3-6(2)4-5-7/h5-6H,3-4H2,1-2H3. The second-order valence-electron chi connectivity index (χ2n) is 1.92. The number of thiocarbonyl (C=S) groups is 1. The molecule has 0 heterocycles. The first kappa shape index (κ1) is 7.09. The molecule has 0 aromatic carbocycles. The highest BCUT2D eigenvalue weighted by Crippen LogP contribution is 2.02. The van der Waals surface area contributed by atoms with Gasteiger partial charge in [-0.05, 0) is 17.7 Å². The summed E-state index contributed by atoms with van der Waals surface area (Å²) in [6, 6.07) is 0. The maximum absolute atomic E-state index is 4.67. The Morgan fingerprint density at radius 3 is 2.43 bits per heavy atom. The van der Waals surface area contributed by atoms with E-state index in [0.29, 0.717) is 0 Å². The molecule has 0 aromatic rings. The van der Waals surface area contributed by atoms with Crippen molar-refractivity contribution in [2.75, 3.05) is 0 Å². The van der Waals surface area contributed by atoms with Gasteiger partial charge in [0.1, 0.15) is 0 Å². The largest absolute Gasteiger partial charge is 0.0935 e. The van der Waals surface area contributed by atoms with Gasteiger partial charge in [-0.25, -0.2) is 0 Å². The van der Waals surface area contributed by atoms with E-state index < -0.39 is 0 Å². The lowest BCUT2D eigenvalue weighted by molar-refractivity contribution is 0.594. The first-order valence-corrected chi connectivity index (χ1v) is 3.22. The highest BCUT2D eigenvalue weighted by Gasteiger charge is 1.91. The monoisotopic (exact) mass is 116 g/mol. The van der Waals surface area contributed by atoms with E-state index in [-0.39, 0.29) is 0 Å². The SMILES string of the molecule is CCC(C)CC=S. The minimum atomic E-state index is 0.789. The van der Waals surface area contributed by atoms with Gasteiger partial charge in [-0.15, -0.1) is 0 Å². The Kier molecular flexibility index (Phi) is 4.31. The summed E-state index contributed by atoms with van der Waals surface area (Å²) in [4.78, 5) is 0. The van der Waals surface area contributed by atoms with Crippen LogP contribution in [0.5, 0.6) is 0 Å². The van der Waals surface area contributed by atoms with Crippen molar-refractivity contribution in [3.63, 3.8) is 0 Å². The summed E-state index contributed by atoms with van der Waals surface area (Å²) >= 11 is 4.67. The number of hydrogen-bond donors (Lipinski definition) is 0. The predicted molar refractivity (Wildman–Crippen MR) is 37.7 cm³/mol. The molecule has 1 heteroatoms. The van der Waals surface area contributed by atoms with Crippen LogP contribution in [0.25, 0.3) is 0 Å². The van der Waals surface area contributed by atoms with Gasteiger partial charge in [-0.1, -0.05) is 32.5 Å². The van der Waals surface area contributed by atoms with Crippen LogP contribution in [0.1, 0.15) is 26.7 Å². The van der Waals surface area contributed by atoms with Crippen LogP contribution in [-0.4, -0.2) is 5.37 Å². The van der Waals surface area contributed by atoms with E-state index >= 15 is 0 Å². The van der Waals surface area contributed by atoms with Crippen LogP contribution in [0.3, 0.4) is 0 Å². The summed E-state index contributed by atoms with van der Waals surface area (Å²) in [6.45, 7) is 4.40. The van der Waals surface area contributed by atoms with Crippen LogP contribution < -0.4 is 0 Å². The highest BCUT2D eigenvalue weighted by atomic mass is 32.1.